The number of aromatic nitrogens is 2. The SMILES string of the molecule is COc1cccc(CN2CCCC3(CCN(c4nccnc4C)C3)C2)c1OC. The summed E-state index contributed by atoms with van der Waals surface area (Å²) < 4.78 is 11.1. The molecule has 1 unspecified atom stereocenters. The molecule has 1 aromatic carbocycles. The lowest BCUT2D eigenvalue weighted by Gasteiger charge is -2.40. The fourth-order valence-electron chi connectivity index (χ4n) is 4.92. The average Bonchev–Trinajstić information content (AvgIpc) is 3.11. The molecule has 0 N–H and O–H groups in total. The first-order valence-electron chi connectivity index (χ1n) is 10.1. The van der Waals surface area contributed by atoms with Crippen molar-refractivity contribution < 1.29 is 9.47 Å². The Labute approximate surface area is 167 Å². The fraction of sp³-hybridized carbons (Fsp3) is 0.545. The van der Waals surface area contributed by atoms with Crippen molar-refractivity contribution in [2.45, 2.75) is 32.7 Å². The van der Waals surface area contributed by atoms with E-state index in [9.17, 15) is 0 Å². The van der Waals surface area contributed by atoms with Crippen LogP contribution in [-0.2, 0) is 6.54 Å². The van der Waals surface area contributed by atoms with E-state index in [0.29, 0.717) is 5.41 Å². The van der Waals surface area contributed by atoms with Crippen LogP contribution in [0.25, 0.3) is 0 Å². The van der Waals surface area contributed by atoms with Gasteiger partial charge in [0.25, 0.3) is 0 Å². The highest BCUT2D eigenvalue weighted by Gasteiger charge is 2.42. The molecule has 1 aromatic heterocycles. The van der Waals surface area contributed by atoms with Crippen molar-refractivity contribution in [3.8, 4) is 11.5 Å². The van der Waals surface area contributed by atoms with Crippen LogP contribution in [0.5, 0.6) is 11.5 Å². The zero-order valence-electron chi connectivity index (χ0n) is 17.1. The van der Waals surface area contributed by atoms with Crippen LogP contribution in [0.1, 0.15) is 30.5 Å². The van der Waals surface area contributed by atoms with Gasteiger partial charge in [0.05, 0.1) is 19.9 Å². The number of methoxy groups -OCH3 is 2. The maximum atomic E-state index is 5.64. The van der Waals surface area contributed by atoms with E-state index in [1.54, 1.807) is 26.6 Å². The maximum Gasteiger partial charge on any atom is 0.165 e. The van der Waals surface area contributed by atoms with E-state index in [1.807, 2.05) is 12.1 Å². The molecule has 2 saturated heterocycles. The smallest absolute Gasteiger partial charge is 0.165 e. The van der Waals surface area contributed by atoms with Crippen molar-refractivity contribution in [1.29, 1.82) is 0 Å². The van der Waals surface area contributed by atoms with E-state index in [1.165, 1.54) is 24.8 Å². The van der Waals surface area contributed by atoms with Crippen molar-refractivity contribution in [2.75, 3.05) is 45.3 Å². The van der Waals surface area contributed by atoms with Crippen LogP contribution in [0.4, 0.5) is 5.82 Å². The number of benzene rings is 1. The molecule has 1 spiro atoms. The van der Waals surface area contributed by atoms with Crippen molar-refractivity contribution in [2.24, 2.45) is 5.41 Å². The lowest BCUT2D eigenvalue weighted by Crippen LogP contribution is -2.44. The second-order valence-electron chi connectivity index (χ2n) is 8.10. The molecule has 3 heterocycles. The van der Waals surface area contributed by atoms with Crippen LogP contribution in [0, 0.1) is 12.3 Å². The molecule has 6 heteroatoms. The molecule has 2 fully saturated rings. The van der Waals surface area contributed by atoms with E-state index in [-0.39, 0.29) is 0 Å². The third-order valence-corrected chi connectivity index (χ3v) is 6.21. The Kier molecular flexibility index (Phi) is 5.40. The van der Waals surface area contributed by atoms with Crippen molar-refractivity contribution in [3.05, 3.63) is 41.9 Å². The number of hydrogen-bond acceptors (Lipinski definition) is 6. The number of rotatable bonds is 5. The van der Waals surface area contributed by atoms with Crippen LogP contribution in [0.3, 0.4) is 0 Å². The lowest BCUT2D eigenvalue weighted by molar-refractivity contribution is 0.0983. The minimum absolute atomic E-state index is 0.342. The highest BCUT2D eigenvalue weighted by molar-refractivity contribution is 5.47. The van der Waals surface area contributed by atoms with Crippen molar-refractivity contribution in [3.63, 3.8) is 0 Å². The molecule has 1 atom stereocenters. The van der Waals surface area contributed by atoms with Gasteiger partial charge in [-0.25, -0.2) is 4.98 Å². The zero-order valence-corrected chi connectivity index (χ0v) is 17.1. The predicted molar refractivity (Wildman–Crippen MR) is 110 cm³/mol. The van der Waals surface area contributed by atoms with Gasteiger partial charge >= 0.3 is 0 Å². The monoisotopic (exact) mass is 382 g/mol. The number of aryl methyl sites for hydroxylation is 1. The van der Waals surface area contributed by atoms with E-state index >= 15 is 0 Å². The molecule has 2 aromatic rings. The molecule has 6 nitrogen and oxygen atoms in total. The van der Waals surface area contributed by atoms with Crippen LogP contribution in [0.15, 0.2) is 30.6 Å². The topological polar surface area (TPSA) is 50.7 Å². The summed E-state index contributed by atoms with van der Waals surface area (Å²) in [6.07, 6.45) is 7.31. The van der Waals surface area contributed by atoms with Gasteiger partial charge in [-0.2, -0.15) is 0 Å². The van der Waals surface area contributed by atoms with Crippen LogP contribution < -0.4 is 14.4 Å². The minimum atomic E-state index is 0.342. The van der Waals surface area contributed by atoms with Crippen molar-refractivity contribution in [1.82, 2.24) is 14.9 Å². The number of ether oxygens (including phenoxy) is 2. The summed E-state index contributed by atoms with van der Waals surface area (Å²) in [5, 5.41) is 0. The van der Waals surface area contributed by atoms with Gasteiger partial charge in [-0.3, -0.25) is 9.88 Å². The fourth-order valence-corrected chi connectivity index (χ4v) is 4.92. The summed E-state index contributed by atoms with van der Waals surface area (Å²) in [5.74, 6) is 2.70. The number of piperidine rings is 1. The number of nitrogens with zero attached hydrogens (tertiary/aromatic N) is 4. The lowest BCUT2D eigenvalue weighted by atomic mass is 9.79. The van der Waals surface area contributed by atoms with Crippen LogP contribution in [-0.4, -0.2) is 55.3 Å². The molecule has 0 radical (unpaired) electrons. The highest BCUT2D eigenvalue weighted by Crippen LogP contribution is 2.41. The molecule has 2 aliphatic heterocycles. The van der Waals surface area contributed by atoms with E-state index in [0.717, 1.165) is 55.7 Å². The Morgan fingerprint density at radius 1 is 1.04 bits per heavy atom. The predicted octanol–water partition coefficient (Wildman–Crippen LogP) is 3.29. The Hall–Kier alpha value is -2.34. The van der Waals surface area contributed by atoms with Gasteiger partial charge in [0, 0.05) is 49.6 Å². The minimum Gasteiger partial charge on any atom is -0.493 e. The van der Waals surface area contributed by atoms with Crippen LogP contribution in [0.2, 0.25) is 0 Å². The van der Waals surface area contributed by atoms with E-state index < -0.39 is 0 Å². The number of para-hydroxylation sites is 1. The number of anilines is 1. The summed E-state index contributed by atoms with van der Waals surface area (Å²) in [5.41, 5.74) is 2.56. The van der Waals surface area contributed by atoms with Gasteiger partial charge in [-0.15, -0.1) is 0 Å². The normalized spacial score (nSPS) is 22.6. The van der Waals surface area contributed by atoms with Gasteiger partial charge in [-0.05, 0) is 38.8 Å². The van der Waals surface area contributed by atoms with Gasteiger partial charge < -0.3 is 14.4 Å². The first-order chi connectivity index (χ1) is 13.6. The standard InChI is InChI=1S/C22H30N4O2/c1-17-21(24-11-10-23-17)26-13-9-22(16-26)8-5-12-25(15-22)14-18-6-4-7-19(27-2)20(18)28-3/h4,6-7,10-11H,5,8-9,12-16H2,1-3H3. The van der Waals surface area contributed by atoms with E-state index in [4.69, 9.17) is 9.47 Å². The largest absolute Gasteiger partial charge is 0.493 e. The van der Waals surface area contributed by atoms with Crippen LogP contribution >= 0.6 is 0 Å². The summed E-state index contributed by atoms with van der Waals surface area (Å²) in [4.78, 5) is 14.0. The molecule has 0 aliphatic carbocycles. The summed E-state index contributed by atoms with van der Waals surface area (Å²) in [6, 6.07) is 6.15. The second kappa shape index (κ2) is 7.95. The third kappa shape index (κ3) is 3.65. The third-order valence-electron chi connectivity index (χ3n) is 6.21. The van der Waals surface area contributed by atoms with Gasteiger partial charge in [0.1, 0.15) is 5.82 Å². The van der Waals surface area contributed by atoms with Gasteiger partial charge in [0.15, 0.2) is 11.5 Å². The van der Waals surface area contributed by atoms with Gasteiger partial charge in [-0.1, -0.05) is 12.1 Å². The second-order valence-corrected chi connectivity index (χ2v) is 8.10. The molecular weight excluding hydrogens is 352 g/mol. The van der Waals surface area contributed by atoms with Gasteiger partial charge in [0.2, 0.25) is 0 Å². The Balaban J connectivity index is 1.48. The first-order valence-corrected chi connectivity index (χ1v) is 10.1. The summed E-state index contributed by atoms with van der Waals surface area (Å²) in [7, 11) is 3.41. The summed E-state index contributed by atoms with van der Waals surface area (Å²) >= 11 is 0. The Morgan fingerprint density at radius 2 is 1.89 bits per heavy atom. The molecule has 28 heavy (non-hydrogen) atoms. The Bertz CT molecular complexity index is 828. The van der Waals surface area contributed by atoms with Crippen molar-refractivity contribution >= 4 is 5.82 Å². The highest BCUT2D eigenvalue weighted by atomic mass is 16.5. The summed E-state index contributed by atoms with van der Waals surface area (Å²) in [6.45, 7) is 7.32. The quantitative estimate of drug-likeness (QED) is 0.791. The zero-order chi connectivity index (χ0) is 19.6. The van der Waals surface area contributed by atoms with E-state index in [2.05, 4.69) is 32.8 Å². The maximum absolute atomic E-state index is 5.64. The molecule has 4 rings (SSSR count). The molecule has 2 aliphatic rings. The number of likely N-dealkylation sites (tertiary alicyclic amines) is 1. The molecule has 0 bridgehead atoms. The first kappa shape index (κ1) is 19.0. The Morgan fingerprint density at radius 3 is 2.68 bits per heavy atom. The molecule has 0 amide bonds. The molecule has 0 saturated carbocycles. The molecular formula is C22H30N4O2. The number of hydrogen-bond donors (Lipinski definition) is 0. The molecule has 150 valence electrons. The average molecular weight is 383 g/mol.